The highest BCUT2D eigenvalue weighted by molar-refractivity contribution is 6.06. The van der Waals surface area contributed by atoms with Crippen LogP contribution in [0.1, 0.15) is 21.7 Å². The zero-order valence-electron chi connectivity index (χ0n) is 8.43. The maximum Gasteiger partial charge on any atom is 0.229 e. The van der Waals surface area contributed by atoms with Crippen molar-refractivity contribution in [2.24, 2.45) is 0 Å². The van der Waals surface area contributed by atoms with Crippen LogP contribution in [0.3, 0.4) is 0 Å². The standard InChI is InChI=1S/C11H9N3O2/c15-10(11-12-6-13-14-11)8-1-2-9-7(5-8)3-4-16-9/h1-2,5-6H,3-4H2,(H,12,13,14). The Labute approximate surface area is 91.5 Å². The number of ketones is 1. The summed E-state index contributed by atoms with van der Waals surface area (Å²) in [5.41, 5.74) is 1.69. The van der Waals surface area contributed by atoms with Crippen LogP contribution in [0.15, 0.2) is 24.5 Å². The molecule has 0 unspecified atom stereocenters. The van der Waals surface area contributed by atoms with E-state index in [1.165, 1.54) is 6.33 Å². The molecule has 0 saturated carbocycles. The predicted octanol–water partition coefficient (Wildman–Crippen LogP) is 0.971. The highest BCUT2D eigenvalue weighted by Gasteiger charge is 2.17. The Balaban J connectivity index is 1.99. The molecule has 0 atom stereocenters. The quantitative estimate of drug-likeness (QED) is 0.758. The summed E-state index contributed by atoms with van der Waals surface area (Å²) < 4.78 is 5.38. The van der Waals surface area contributed by atoms with E-state index < -0.39 is 0 Å². The van der Waals surface area contributed by atoms with E-state index in [2.05, 4.69) is 15.2 Å². The van der Waals surface area contributed by atoms with Crippen LogP contribution in [-0.4, -0.2) is 27.6 Å². The Morgan fingerprint density at radius 2 is 2.38 bits per heavy atom. The van der Waals surface area contributed by atoms with Gasteiger partial charge in [-0.3, -0.25) is 9.89 Å². The van der Waals surface area contributed by atoms with Gasteiger partial charge in [0, 0.05) is 12.0 Å². The number of aromatic amines is 1. The molecule has 0 spiro atoms. The molecule has 1 N–H and O–H groups in total. The lowest BCUT2D eigenvalue weighted by Crippen LogP contribution is -2.04. The lowest BCUT2D eigenvalue weighted by atomic mass is 10.1. The van der Waals surface area contributed by atoms with Crippen LogP contribution in [0, 0.1) is 0 Å². The van der Waals surface area contributed by atoms with E-state index in [4.69, 9.17) is 4.74 Å². The Morgan fingerprint density at radius 3 is 3.19 bits per heavy atom. The fourth-order valence-electron chi connectivity index (χ4n) is 1.78. The number of hydrogen-bond donors (Lipinski definition) is 1. The van der Waals surface area contributed by atoms with Crippen molar-refractivity contribution in [3.63, 3.8) is 0 Å². The molecule has 0 saturated heterocycles. The first kappa shape index (κ1) is 9.08. The summed E-state index contributed by atoms with van der Waals surface area (Å²) in [7, 11) is 0. The molecule has 0 radical (unpaired) electrons. The predicted molar refractivity (Wildman–Crippen MR) is 55.5 cm³/mol. The van der Waals surface area contributed by atoms with Gasteiger partial charge in [0.2, 0.25) is 5.78 Å². The molecule has 0 aliphatic carbocycles. The van der Waals surface area contributed by atoms with E-state index in [0.29, 0.717) is 12.2 Å². The number of benzene rings is 1. The Bertz CT molecular complexity index is 534. The number of aromatic nitrogens is 3. The third kappa shape index (κ3) is 1.37. The SMILES string of the molecule is O=C(c1ccc2c(c1)CCO2)c1ncn[nH]1. The first-order chi connectivity index (χ1) is 7.84. The van der Waals surface area contributed by atoms with E-state index >= 15 is 0 Å². The van der Waals surface area contributed by atoms with Crippen molar-refractivity contribution in [3.05, 3.63) is 41.5 Å². The molecule has 80 valence electrons. The molecule has 0 bridgehead atoms. The fraction of sp³-hybridized carbons (Fsp3) is 0.182. The van der Waals surface area contributed by atoms with Crippen molar-refractivity contribution in [3.8, 4) is 5.75 Å². The van der Waals surface area contributed by atoms with Crippen molar-refractivity contribution in [2.75, 3.05) is 6.61 Å². The number of nitrogens with one attached hydrogen (secondary N) is 1. The minimum Gasteiger partial charge on any atom is -0.493 e. The molecule has 0 fully saturated rings. The summed E-state index contributed by atoms with van der Waals surface area (Å²) in [5.74, 6) is 0.986. The smallest absolute Gasteiger partial charge is 0.229 e. The van der Waals surface area contributed by atoms with Crippen molar-refractivity contribution in [1.82, 2.24) is 15.2 Å². The number of hydrogen-bond acceptors (Lipinski definition) is 4. The van der Waals surface area contributed by atoms with Gasteiger partial charge in [-0.15, -0.1) is 0 Å². The second-order valence-corrected chi connectivity index (χ2v) is 3.58. The van der Waals surface area contributed by atoms with Gasteiger partial charge < -0.3 is 4.74 Å². The van der Waals surface area contributed by atoms with Crippen LogP contribution in [0.2, 0.25) is 0 Å². The molecule has 2 heterocycles. The van der Waals surface area contributed by atoms with Gasteiger partial charge in [0.05, 0.1) is 6.61 Å². The molecule has 16 heavy (non-hydrogen) atoms. The van der Waals surface area contributed by atoms with E-state index in [0.717, 1.165) is 17.7 Å². The van der Waals surface area contributed by atoms with Crippen molar-refractivity contribution >= 4 is 5.78 Å². The number of carbonyl (C=O) groups is 1. The molecule has 0 amide bonds. The van der Waals surface area contributed by atoms with Gasteiger partial charge in [-0.1, -0.05) is 0 Å². The summed E-state index contributed by atoms with van der Waals surface area (Å²) in [6.45, 7) is 0.690. The second-order valence-electron chi connectivity index (χ2n) is 3.58. The van der Waals surface area contributed by atoms with Crippen LogP contribution >= 0.6 is 0 Å². The van der Waals surface area contributed by atoms with E-state index in [-0.39, 0.29) is 11.6 Å². The lowest BCUT2D eigenvalue weighted by molar-refractivity contribution is 0.102. The maximum atomic E-state index is 11.9. The molecule has 1 aromatic carbocycles. The molecular formula is C11H9N3O2. The second kappa shape index (κ2) is 3.44. The highest BCUT2D eigenvalue weighted by atomic mass is 16.5. The zero-order valence-corrected chi connectivity index (χ0v) is 8.43. The minimum absolute atomic E-state index is 0.146. The van der Waals surface area contributed by atoms with Crippen LogP contribution in [0.4, 0.5) is 0 Å². The number of ether oxygens (including phenoxy) is 1. The molecule has 1 aliphatic heterocycles. The van der Waals surface area contributed by atoms with E-state index in [1.54, 1.807) is 6.07 Å². The Hall–Kier alpha value is -2.17. The van der Waals surface area contributed by atoms with Gasteiger partial charge in [0.1, 0.15) is 12.1 Å². The van der Waals surface area contributed by atoms with Crippen LogP contribution in [0.25, 0.3) is 0 Å². The largest absolute Gasteiger partial charge is 0.493 e. The molecule has 1 aromatic heterocycles. The topological polar surface area (TPSA) is 67.9 Å². The third-order valence-corrected chi connectivity index (χ3v) is 2.58. The summed E-state index contributed by atoms with van der Waals surface area (Å²) in [5, 5.41) is 6.22. The average Bonchev–Trinajstić information content (AvgIpc) is 2.98. The number of nitrogens with zero attached hydrogens (tertiary/aromatic N) is 2. The van der Waals surface area contributed by atoms with Crippen LogP contribution in [0.5, 0.6) is 5.75 Å². The van der Waals surface area contributed by atoms with Gasteiger partial charge >= 0.3 is 0 Å². The van der Waals surface area contributed by atoms with Crippen LogP contribution < -0.4 is 4.74 Å². The fourth-order valence-corrected chi connectivity index (χ4v) is 1.78. The van der Waals surface area contributed by atoms with E-state index in [1.807, 2.05) is 12.1 Å². The van der Waals surface area contributed by atoms with Gasteiger partial charge in [-0.2, -0.15) is 5.10 Å². The summed E-state index contributed by atoms with van der Waals surface area (Å²) >= 11 is 0. The highest BCUT2D eigenvalue weighted by Crippen LogP contribution is 2.26. The van der Waals surface area contributed by atoms with Crippen LogP contribution in [-0.2, 0) is 6.42 Å². The molecular weight excluding hydrogens is 206 g/mol. The first-order valence-electron chi connectivity index (χ1n) is 5.00. The molecule has 5 nitrogen and oxygen atoms in total. The number of fused-ring (bicyclic) bond motifs is 1. The molecule has 3 rings (SSSR count). The molecule has 2 aromatic rings. The Morgan fingerprint density at radius 1 is 1.44 bits per heavy atom. The average molecular weight is 215 g/mol. The van der Waals surface area contributed by atoms with Gasteiger partial charge in [0.25, 0.3) is 0 Å². The summed E-state index contributed by atoms with van der Waals surface area (Å²) in [4.78, 5) is 15.8. The first-order valence-corrected chi connectivity index (χ1v) is 5.00. The number of rotatable bonds is 2. The maximum absolute atomic E-state index is 11.9. The summed E-state index contributed by atoms with van der Waals surface area (Å²) in [6.07, 6.45) is 2.18. The molecule has 5 heteroatoms. The van der Waals surface area contributed by atoms with Gasteiger partial charge in [-0.05, 0) is 23.8 Å². The van der Waals surface area contributed by atoms with Gasteiger partial charge in [-0.25, -0.2) is 4.98 Å². The number of carbonyl (C=O) groups excluding carboxylic acids is 1. The number of H-pyrrole nitrogens is 1. The van der Waals surface area contributed by atoms with Gasteiger partial charge in [0.15, 0.2) is 5.82 Å². The normalized spacial score (nSPS) is 13.2. The lowest BCUT2D eigenvalue weighted by Gasteiger charge is -2.01. The van der Waals surface area contributed by atoms with Crippen molar-refractivity contribution in [2.45, 2.75) is 6.42 Å². The molecule has 1 aliphatic rings. The van der Waals surface area contributed by atoms with Crippen molar-refractivity contribution in [1.29, 1.82) is 0 Å². The third-order valence-electron chi connectivity index (χ3n) is 2.58. The zero-order chi connectivity index (χ0) is 11.0. The Kier molecular flexibility index (Phi) is 1.96. The monoisotopic (exact) mass is 215 g/mol. The van der Waals surface area contributed by atoms with Crippen molar-refractivity contribution < 1.29 is 9.53 Å². The van der Waals surface area contributed by atoms with E-state index in [9.17, 15) is 4.79 Å². The minimum atomic E-state index is -0.146. The summed E-state index contributed by atoms with van der Waals surface area (Å²) in [6, 6.07) is 5.42.